The number of unbranched alkanes of at least 4 members (excludes halogenated alkanes) is 10. The molecule has 0 radical (unpaired) electrons. The highest BCUT2D eigenvalue weighted by molar-refractivity contribution is 5.71. The molecule has 0 N–H and O–H groups in total. The maximum atomic E-state index is 12.3. The minimum absolute atomic E-state index is 0.0925. The van der Waals surface area contributed by atoms with E-state index >= 15 is 0 Å². The molecule has 0 heterocycles. The molecule has 250 valence electrons. The topological polar surface area (TPSA) is 78.9 Å². The Hall–Kier alpha value is -2.11. The molecule has 6 nitrogen and oxygen atoms in total. The third-order valence-corrected chi connectivity index (χ3v) is 7.22. The van der Waals surface area contributed by atoms with E-state index in [0.717, 1.165) is 88.9 Å². The molecule has 0 aromatic carbocycles. The van der Waals surface area contributed by atoms with Crippen LogP contribution < -0.4 is 0 Å². The average molecular weight is 607 g/mol. The van der Waals surface area contributed by atoms with Gasteiger partial charge in [-0.3, -0.25) is 14.4 Å². The number of allylic oxidation sites excluding steroid dienone is 4. The Bertz CT molecular complexity index is 754. The quantitative estimate of drug-likeness (QED) is 0.0382. The van der Waals surface area contributed by atoms with Crippen molar-refractivity contribution in [1.29, 1.82) is 0 Å². The number of ether oxygens (including phenoxy) is 3. The van der Waals surface area contributed by atoms with Crippen molar-refractivity contribution in [2.24, 2.45) is 17.8 Å². The summed E-state index contributed by atoms with van der Waals surface area (Å²) in [4.78, 5) is 36.8. The molecule has 0 bridgehead atoms. The van der Waals surface area contributed by atoms with Gasteiger partial charge in [0, 0.05) is 19.3 Å². The van der Waals surface area contributed by atoms with Crippen molar-refractivity contribution in [3.05, 3.63) is 24.3 Å². The Morgan fingerprint density at radius 1 is 0.581 bits per heavy atom. The van der Waals surface area contributed by atoms with Crippen LogP contribution in [0.4, 0.5) is 0 Å². The number of hydrogen-bond acceptors (Lipinski definition) is 6. The van der Waals surface area contributed by atoms with E-state index in [4.69, 9.17) is 14.2 Å². The molecule has 0 saturated carbocycles. The van der Waals surface area contributed by atoms with Gasteiger partial charge in [-0.05, 0) is 75.5 Å². The van der Waals surface area contributed by atoms with E-state index in [1.807, 2.05) is 13.8 Å². The van der Waals surface area contributed by atoms with Gasteiger partial charge in [-0.2, -0.15) is 0 Å². The Labute approximate surface area is 264 Å². The molecular weight excluding hydrogens is 540 g/mol. The third kappa shape index (κ3) is 29.7. The maximum Gasteiger partial charge on any atom is 0.306 e. The standard InChI is InChI=1S/C37H66O6/c1-7-8-9-10-11-12-16-19-22-25-35(38)41-29-34(43-37(40)28-32(4)5)30-42-36(39)26-23-20-17-14-13-15-18-21-24-33(6)27-31(2)3/h8-9,18,21,31-34H,7,10-17,19-20,22-30H2,1-6H3/b9-8-,21-18-. The van der Waals surface area contributed by atoms with Gasteiger partial charge in [-0.25, -0.2) is 0 Å². The van der Waals surface area contributed by atoms with Crippen LogP contribution in [0.25, 0.3) is 0 Å². The Morgan fingerprint density at radius 2 is 1.07 bits per heavy atom. The summed E-state index contributed by atoms with van der Waals surface area (Å²) in [6.07, 6.45) is 25.4. The van der Waals surface area contributed by atoms with Gasteiger partial charge in [0.05, 0.1) is 0 Å². The fourth-order valence-corrected chi connectivity index (χ4v) is 4.96. The molecule has 2 atom stereocenters. The van der Waals surface area contributed by atoms with Crippen LogP contribution in [0.3, 0.4) is 0 Å². The first-order valence-electron chi connectivity index (χ1n) is 17.4. The largest absolute Gasteiger partial charge is 0.462 e. The lowest BCUT2D eigenvalue weighted by Gasteiger charge is -2.19. The van der Waals surface area contributed by atoms with Crippen molar-refractivity contribution in [3.8, 4) is 0 Å². The van der Waals surface area contributed by atoms with E-state index in [2.05, 4.69) is 52.0 Å². The van der Waals surface area contributed by atoms with E-state index in [-0.39, 0.29) is 43.5 Å². The van der Waals surface area contributed by atoms with Crippen molar-refractivity contribution < 1.29 is 28.6 Å². The van der Waals surface area contributed by atoms with Crippen molar-refractivity contribution in [2.75, 3.05) is 13.2 Å². The summed E-state index contributed by atoms with van der Waals surface area (Å²) in [5, 5.41) is 0. The monoisotopic (exact) mass is 606 g/mol. The number of carbonyl (C=O) groups excluding carboxylic acids is 3. The fraction of sp³-hybridized carbons (Fsp3) is 0.811. The highest BCUT2D eigenvalue weighted by Gasteiger charge is 2.20. The first kappa shape index (κ1) is 40.9. The second kappa shape index (κ2) is 28.6. The van der Waals surface area contributed by atoms with Crippen molar-refractivity contribution >= 4 is 17.9 Å². The Kier molecular flexibility index (Phi) is 27.2. The predicted molar refractivity (Wildman–Crippen MR) is 178 cm³/mol. The molecule has 6 heteroatoms. The Balaban J connectivity index is 4.17. The van der Waals surface area contributed by atoms with Crippen LogP contribution in [-0.2, 0) is 28.6 Å². The lowest BCUT2D eigenvalue weighted by atomic mass is 9.96. The molecule has 0 aliphatic carbocycles. The van der Waals surface area contributed by atoms with Crippen LogP contribution in [0.15, 0.2) is 24.3 Å². The molecule has 0 rings (SSSR count). The SMILES string of the molecule is CC/C=C\CCCCCCCC(=O)OCC(COC(=O)CCCCCCC/C=C\CC(C)CC(C)C)OC(=O)CC(C)C. The lowest BCUT2D eigenvalue weighted by Crippen LogP contribution is -2.31. The number of hydrogen-bond donors (Lipinski definition) is 0. The van der Waals surface area contributed by atoms with Crippen LogP contribution in [0.5, 0.6) is 0 Å². The molecule has 0 saturated heterocycles. The summed E-state index contributed by atoms with van der Waals surface area (Å²) in [7, 11) is 0. The van der Waals surface area contributed by atoms with Crippen LogP contribution in [-0.4, -0.2) is 37.2 Å². The summed E-state index contributed by atoms with van der Waals surface area (Å²) >= 11 is 0. The predicted octanol–water partition coefficient (Wildman–Crippen LogP) is 10.1. The van der Waals surface area contributed by atoms with Crippen LogP contribution in [0, 0.1) is 17.8 Å². The van der Waals surface area contributed by atoms with Crippen LogP contribution in [0.1, 0.15) is 157 Å². The van der Waals surface area contributed by atoms with Gasteiger partial charge in [0.15, 0.2) is 6.10 Å². The summed E-state index contributed by atoms with van der Waals surface area (Å²) in [5.74, 6) is 0.673. The molecular formula is C37H66O6. The zero-order chi connectivity index (χ0) is 32.1. The van der Waals surface area contributed by atoms with E-state index in [1.54, 1.807) is 0 Å². The Morgan fingerprint density at radius 3 is 1.56 bits per heavy atom. The van der Waals surface area contributed by atoms with Crippen molar-refractivity contribution in [3.63, 3.8) is 0 Å². The second-order valence-corrected chi connectivity index (χ2v) is 13.0. The van der Waals surface area contributed by atoms with E-state index < -0.39 is 6.10 Å². The van der Waals surface area contributed by atoms with E-state index in [1.165, 1.54) is 19.3 Å². The number of rotatable bonds is 28. The fourth-order valence-electron chi connectivity index (χ4n) is 4.96. The van der Waals surface area contributed by atoms with Crippen molar-refractivity contribution in [2.45, 2.75) is 163 Å². The third-order valence-electron chi connectivity index (χ3n) is 7.22. The average Bonchev–Trinajstić information content (AvgIpc) is 2.93. The summed E-state index contributed by atoms with van der Waals surface area (Å²) in [5.41, 5.74) is 0. The minimum atomic E-state index is -0.781. The first-order chi connectivity index (χ1) is 20.6. The molecule has 0 aromatic heterocycles. The number of esters is 3. The minimum Gasteiger partial charge on any atom is -0.462 e. The molecule has 0 fully saturated rings. The van der Waals surface area contributed by atoms with Crippen LogP contribution in [0.2, 0.25) is 0 Å². The second-order valence-electron chi connectivity index (χ2n) is 13.0. The normalized spacial score (nSPS) is 13.2. The smallest absolute Gasteiger partial charge is 0.306 e. The molecule has 0 aliphatic heterocycles. The summed E-state index contributed by atoms with van der Waals surface area (Å²) in [6, 6.07) is 0. The molecule has 0 aliphatic rings. The highest BCUT2D eigenvalue weighted by atomic mass is 16.6. The zero-order valence-electron chi connectivity index (χ0n) is 28.7. The van der Waals surface area contributed by atoms with Crippen LogP contribution >= 0.6 is 0 Å². The van der Waals surface area contributed by atoms with E-state index in [9.17, 15) is 14.4 Å². The van der Waals surface area contributed by atoms with Gasteiger partial charge in [-0.15, -0.1) is 0 Å². The van der Waals surface area contributed by atoms with Gasteiger partial charge in [0.25, 0.3) is 0 Å². The maximum absolute atomic E-state index is 12.3. The molecule has 2 unspecified atom stereocenters. The van der Waals surface area contributed by atoms with Gasteiger partial charge < -0.3 is 14.2 Å². The molecule has 0 aromatic rings. The number of carbonyl (C=O) groups is 3. The van der Waals surface area contributed by atoms with Gasteiger partial charge in [0.1, 0.15) is 13.2 Å². The van der Waals surface area contributed by atoms with E-state index in [0.29, 0.717) is 12.8 Å². The molecule has 43 heavy (non-hydrogen) atoms. The van der Waals surface area contributed by atoms with Gasteiger partial charge in [0.2, 0.25) is 0 Å². The van der Waals surface area contributed by atoms with Crippen molar-refractivity contribution in [1.82, 2.24) is 0 Å². The summed E-state index contributed by atoms with van der Waals surface area (Å²) in [6.45, 7) is 12.7. The van der Waals surface area contributed by atoms with Gasteiger partial charge in [-0.1, -0.05) is 104 Å². The van der Waals surface area contributed by atoms with Gasteiger partial charge >= 0.3 is 17.9 Å². The molecule has 0 amide bonds. The summed E-state index contributed by atoms with van der Waals surface area (Å²) < 4.78 is 16.3. The highest BCUT2D eigenvalue weighted by Crippen LogP contribution is 2.16. The zero-order valence-corrected chi connectivity index (χ0v) is 28.7. The lowest BCUT2D eigenvalue weighted by molar-refractivity contribution is -0.167. The molecule has 0 spiro atoms. The first-order valence-corrected chi connectivity index (χ1v) is 17.4.